The van der Waals surface area contributed by atoms with Gasteiger partial charge in [-0.3, -0.25) is 14.9 Å². The zero-order chi connectivity index (χ0) is 26.2. The van der Waals surface area contributed by atoms with Crippen LogP contribution in [0.2, 0.25) is 5.02 Å². The number of benzene rings is 3. The largest absolute Gasteiger partial charge is 0.484 e. The Bertz CT molecular complexity index is 1330. The van der Waals surface area contributed by atoms with Crippen LogP contribution < -0.4 is 20.3 Å². The van der Waals surface area contributed by atoms with Crippen LogP contribution in [0.25, 0.3) is 10.6 Å². The molecule has 0 fully saturated rings. The number of aromatic nitrogens is 2. The molecule has 190 valence electrons. The third-order valence-corrected chi connectivity index (χ3v) is 6.54. The van der Waals surface area contributed by atoms with Gasteiger partial charge in [0, 0.05) is 36.8 Å². The summed E-state index contributed by atoms with van der Waals surface area (Å²) in [5.74, 6) is -0.317. The van der Waals surface area contributed by atoms with Crippen molar-refractivity contribution in [2.24, 2.45) is 0 Å². The van der Waals surface area contributed by atoms with Crippen molar-refractivity contribution in [2.75, 3.05) is 30.9 Å². The summed E-state index contributed by atoms with van der Waals surface area (Å²) in [6.45, 7) is -0.244. The minimum atomic E-state index is -0.838. The van der Waals surface area contributed by atoms with E-state index in [-0.39, 0.29) is 6.61 Å². The Morgan fingerprint density at radius 2 is 1.68 bits per heavy atom. The van der Waals surface area contributed by atoms with Crippen molar-refractivity contribution in [1.29, 1.82) is 0 Å². The van der Waals surface area contributed by atoms with Crippen LogP contribution in [-0.4, -0.2) is 48.8 Å². The number of nitrogens with one attached hydrogen (secondary N) is 2. The fraction of sp³-hybridized carbons (Fsp3) is 0.185. The number of halogens is 1. The number of nitrogens with zero attached hydrogens (tertiary/aromatic N) is 3. The van der Waals surface area contributed by atoms with Crippen LogP contribution in [0, 0.1) is 0 Å². The lowest BCUT2D eigenvalue weighted by atomic mass is 10.1. The topological polar surface area (TPSA) is 96.5 Å². The minimum absolute atomic E-state index is 0.244. The molecule has 2 amide bonds. The van der Waals surface area contributed by atoms with E-state index < -0.39 is 17.9 Å². The van der Waals surface area contributed by atoms with E-state index >= 15 is 0 Å². The molecular weight excluding hydrogens is 510 g/mol. The lowest BCUT2D eigenvalue weighted by Gasteiger charge is -2.18. The summed E-state index contributed by atoms with van der Waals surface area (Å²) in [5, 5.41) is 15.5. The zero-order valence-corrected chi connectivity index (χ0v) is 21.9. The van der Waals surface area contributed by atoms with Crippen LogP contribution >= 0.6 is 22.9 Å². The van der Waals surface area contributed by atoms with Gasteiger partial charge < -0.3 is 15.0 Å². The first kappa shape index (κ1) is 26.1. The number of rotatable bonds is 10. The highest BCUT2D eigenvalue weighted by Gasteiger charge is 2.23. The highest BCUT2D eigenvalue weighted by atomic mass is 35.5. The molecule has 4 rings (SSSR count). The van der Waals surface area contributed by atoms with Crippen molar-refractivity contribution in [1.82, 2.24) is 15.5 Å². The summed E-state index contributed by atoms with van der Waals surface area (Å²) in [5.41, 5.74) is 2.87. The van der Waals surface area contributed by atoms with Gasteiger partial charge in [-0.05, 0) is 54.1 Å². The lowest BCUT2D eigenvalue weighted by Crippen LogP contribution is -2.46. The molecule has 0 aliphatic carbocycles. The monoisotopic (exact) mass is 535 g/mol. The summed E-state index contributed by atoms with van der Waals surface area (Å²) in [4.78, 5) is 27.8. The highest BCUT2D eigenvalue weighted by molar-refractivity contribution is 7.18. The van der Waals surface area contributed by atoms with Crippen LogP contribution in [0.4, 0.5) is 10.8 Å². The smallest absolute Gasteiger partial charge is 0.258 e. The third kappa shape index (κ3) is 7.52. The second kappa shape index (κ2) is 12.3. The molecule has 0 radical (unpaired) electrons. The van der Waals surface area contributed by atoms with E-state index in [0.717, 1.165) is 16.8 Å². The Balaban J connectivity index is 1.42. The summed E-state index contributed by atoms with van der Waals surface area (Å²) < 4.78 is 5.52. The van der Waals surface area contributed by atoms with Crippen molar-refractivity contribution in [3.63, 3.8) is 0 Å². The molecule has 0 aliphatic rings. The van der Waals surface area contributed by atoms with Gasteiger partial charge in [-0.25, -0.2) is 0 Å². The van der Waals surface area contributed by atoms with Gasteiger partial charge >= 0.3 is 0 Å². The average Bonchev–Trinajstić information content (AvgIpc) is 3.37. The fourth-order valence-electron chi connectivity index (χ4n) is 3.46. The normalized spacial score (nSPS) is 11.4. The van der Waals surface area contributed by atoms with Crippen molar-refractivity contribution in [3.8, 4) is 16.3 Å². The predicted molar refractivity (Wildman–Crippen MR) is 147 cm³/mol. The molecule has 1 atom stereocenters. The number of hydrogen-bond donors (Lipinski definition) is 2. The Morgan fingerprint density at radius 3 is 2.35 bits per heavy atom. The number of anilines is 2. The molecule has 1 unspecified atom stereocenters. The van der Waals surface area contributed by atoms with Crippen LogP contribution in [0.3, 0.4) is 0 Å². The van der Waals surface area contributed by atoms with Gasteiger partial charge in [0.25, 0.3) is 5.91 Å². The molecule has 0 bridgehead atoms. The maximum atomic E-state index is 13.2. The summed E-state index contributed by atoms with van der Waals surface area (Å²) >= 11 is 7.15. The minimum Gasteiger partial charge on any atom is -0.484 e. The predicted octanol–water partition coefficient (Wildman–Crippen LogP) is 4.67. The van der Waals surface area contributed by atoms with Gasteiger partial charge in [-0.2, -0.15) is 0 Å². The van der Waals surface area contributed by atoms with Crippen molar-refractivity contribution in [2.45, 2.75) is 12.5 Å². The Hall–Kier alpha value is -3.95. The summed E-state index contributed by atoms with van der Waals surface area (Å²) in [6, 6.07) is 23.2. The van der Waals surface area contributed by atoms with Gasteiger partial charge in [0.1, 0.15) is 16.8 Å². The number of amides is 2. The zero-order valence-electron chi connectivity index (χ0n) is 20.3. The second-order valence-electron chi connectivity index (χ2n) is 8.40. The van der Waals surface area contributed by atoms with Gasteiger partial charge in [-0.15, -0.1) is 10.2 Å². The molecule has 10 heteroatoms. The van der Waals surface area contributed by atoms with E-state index in [2.05, 4.69) is 20.8 Å². The SMILES string of the molecule is CN(C)c1ccc(-c2nnc(NC(=O)C(Cc3ccccc3)NC(=O)COc3ccc(Cl)cc3)s2)cc1. The van der Waals surface area contributed by atoms with E-state index in [9.17, 15) is 9.59 Å². The Labute approximate surface area is 224 Å². The van der Waals surface area contributed by atoms with Crippen molar-refractivity contribution >= 4 is 45.6 Å². The maximum Gasteiger partial charge on any atom is 0.258 e. The molecule has 0 saturated heterocycles. The first-order valence-electron chi connectivity index (χ1n) is 11.5. The number of hydrogen-bond acceptors (Lipinski definition) is 7. The van der Waals surface area contributed by atoms with Crippen LogP contribution in [0.5, 0.6) is 5.75 Å². The first-order valence-corrected chi connectivity index (χ1v) is 12.7. The molecule has 8 nitrogen and oxygen atoms in total. The highest BCUT2D eigenvalue weighted by Crippen LogP contribution is 2.28. The Kier molecular flexibility index (Phi) is 8.71. The van der Waals surface area contributed by atoms with Crippen LogP contribution in [0.15, 0.2) is 78.9 Å². The standard InChI is InChI=1S/C27H26ClN5O3S/c1-33(2)21-12-8-19(9-13-21)26-31-32-27(37-26)30-25(35)23(16-18-6-4-3-5-7-18)29-24(34)17-36-22-14-10-20(28)11-15-22/h3-15,23H,16-17H2,1-2H3,(H,29,34)(H,30,32,35). The molecule has 2 N–H and O–H groups in total. The lowest BCUT2D eigenvalue weighted by molar-refractivity contribution is -0.127. The molecule has 4 aromatic rings. The number of carbonyl (C=O) groups excluding carboxylic acids is 2. The van der Waals surface area contributed by atoms with Crippen molar-refractivity contribution in [3.05, 3.63) is 89.4 Å². The van der Waals surface area contributed by atoms with Crippen LogP contribution in [-0.2, 0) is 16.0 Å². The average molecular weight is 536 g/mol. The van der Waals surface area contributed by atoms with E-state index in [0.29, 0.717) is 27.3 Å². The molecule has 37 heavy (non-hydrogen) atoms. The van der Waals surface area contributed by atoms with Gasteiger partial charge in [0.2, 0.25) is 11.0 Å². The molecule has 1 aromatic heterocycles. The van der Waals surface area contributed by atoms with Gasteiger partial charge in [-0.1, -0.05) is 53.3 Å². The molecule has 1 heterocycles. The molecule has 0 spiro atoms. The molecule has 3 aromatic carbocycles. The first-order chi connectivity index (χ1) is 17.9. The van der Waals surface area contributed by atoms with Crippen LogP contribution in [0.1, 0.15) is 5.56 Å². The fourth-order valence-corrected chi connectivity index (χ4v) is 4.34. The van der Waals surface area contributed by atoms with E-state index in [1.165, 1.54) is 11.3 Å². The second-order valence-corrected chi connectivity index (χ2v) is 9.81. The quantitative estimate of drug-likeness (QED) is 0.306. The Morgan fingerprint density at radius 1 is 0.973 bits per heavy atom. The molecular formula is C27H26ClN5O3S. The molecule has 0 saturated carbocycles. The maximum absolute atomic E-state index is 13.2. The van der Waals surface area contributed by atoms with E-state index in [1.54, 1.807) is 24.3 Å². The summed E-state index contributed by atoms with van der Waals surface area (Å²) in [6.07, 6.45) is 0.303. The van der Waals surface area contributed by atoms with Crippen molar-refractivity contribution < 1.29 is 14.3 Å². The molecule has 0 aliphatic heterocycles. The van der Waals surface area contributed by atoms with E-state index in [1.807, 2.05) is 73.6 Å². The summed E-state index contributed by atoms with van der Waals surface area (Å²) in [7, 11) is 3.95. The van der Waals surface area contributed by atoms with E-state index in [4.69, 9.17) is 16.3 Å². The number of carbonyl (C=O) groups is 2. The number of ether oxygens (including phenoxy) is 1. The third-order valence-electron chi connectivity index (χ3n) is 5.40. The van der Waals surface area contributed by atoms with Gasteiger partial charge in [0.05, 0.1) is 0 Å². The van der Waals surface area contributed by atoms with Gasteiger partial charge in [0.15, 0.2) is 6.61 Å².